The molecule has 2 aromatic carbocycles. The van der Waals surface area contributed by atoms with Crippen LogP contribution in [0.15, 0.2) is 68.9 Å². The van der Waals surface area contributed by atoms with Gasteiger partial charge in [0, 0.05) is 10.0 Å². The summed E-state index contributed by atoms with van der Waals surface area (Å²) >= 11 is 20.4. The number of nitrogens with two attached hydrogens (primary N) is 2. The first kappa shape index (κ1) is 25.4. The van der Waals surface area contributed by atoms with E-state index in [1.165, 1.54) is 0 Å². The Morgan fingerprint density at radius 1 is 0.704 bits per heavy atom. The first-order valence-corrected chi connectivity index (χ1v) is 8.52. The van der Waals surface area contributed by atoms with Gasteiger partial charge >= 0.3 is 21.1 Å². The van der Waals surface area contributed by atoms with Crippen molar-refractivity contribution in [3.8, 4) is 0 Å². The fraction of sp³-hybridized carbons (Fsp3) is 0. The van der Waals surface area contributed by atoms with Gasteiger partial charge in [-0.3, -0.25) is 0 Å². The maximum Gasteiger partial charge on any atom is 2.00 e. The van der Waals surface area contributed by atoms with Crippen LogP contribution in [0.3, 0.4) is 0 Å². The summed E-state index contributed by atoms with van der Waals surface area (Å²) in [5.74, 6) is 0. The van der Waals surface area contributed by atoms with Crippen LogP contribution in [0, 0.1) is 0 Å². The Morgan fingerprint density at radius 3 is 1.26 bits per heavy atom. The Bertz CT molecular complexity index is 731. The molecule has 2 rings (SSSR count). The second-order valence-electron chi connectivity index (χ2n) is 4.47. The number of hydrogen-bond acceptors (Lipinski definition) is 6. The van der Waals surface area contributed by atoms with Crippen LogP contribution in [0.4, 0.5) is 0 Å². The Hall–Kier alpha value is -1.57. The summed E-state index contributed by atoms with van der Waals surface area (Å²) in [6, 6.07) is 14.4. The number of amidine groups is 2. The molecule has 0 aromatic heterocycles. The minimum atomic E-state index is 0. The third kappa shape index (κ3) is 13.3. The maximum atomic E-state index is 5.69. The van der Waals surface area contributed by atoms with Crippen LogP contribution in [0.2, 0.25) is 10.0 Å². The average Bonchev–Trinajstić information content (AvgIpc) is 2.58. The van der Waals surface area contributed by atoms with Crippen LogP contribution in [0.5, 0.6) is 0 Å². The molecular formula is C16H14Cl2N6PtS2. The van der Waals surface area contributed by atoms with Crippen molar-refractivity contribution >= 4 is 71.2 Å². The summed E-state index contributed by atoms with van der Waals surface area (Å²) < 4.78 is 0. The zero-order valence-corrected chi connectivity index (χ0v) is 19.0. The molecule has 0 saturated heterocycles. The summed E-state index contributed by atoms with van der Waals surface area (Å²) in [5.41, 5.74) is 12.0. The molecule has 11 heteroatoms. The average molecular weight is 620 g/mol. The van der Waals surface area contributed by atoms with E-state index in [1.807, 2.05) is 24.3 Å². The number of rotatable bonds is 4. The van der Waals surface area contributed by atoms with Gasteiger partial charge in [-0.25, -0.2) is 0 Å². The quantitative estimate of drug-likeness (QED) is 0.238. The number of benzene rings is 2. The molecule has 2 aromatic rings. The first-order chi connectivity index (χ1) is 12.4. The molecule has 0 radical (unpaired) electrons. The Labute approximate surface area is 192 Å². The van der Waals surface area contributed by atoms with Crippen molar-refractivity contribution in [2.75, 3.05) is 0 Å². The Morgan fingerprint density at radius 2 is 1.00 bits per heavy atom. The summed E-state index contributed by atoms with van der Waals surface area (Å²) in [5, 5.41) is 15.7. The van der Waals surface area contributed by atoms with Gasteiger partial charge in [-0.15, -0.1) is 0 Å². The fourth-order valence-corrected chi connectivity index (χ4v) is 1.75. The van der Waals surface area contributed by atoms with Crippen molar-refractivity contribution in [1.82, 2.24) is 0 Å². The molecule has 0 heterocycles. The largest absolute Gasteiger partial charge is 2.00 e. The van der Waals surface area contributed by atoms with E-state index in [-0.39, 0.29) is 31.4 Å². The second-order valence-corrected chi connectivity index (χ2v) is 6.18. The number of halogens is 2. The summed E-state index contributed by atoms with van der Waals surface area (Å²) in [6.45, 7) is 0. The molecule has 0 aliphatic rings. The molecule has 0 fully saturated rings. The predicted octanol–water partition coefficient (Wildman–Crippen LogP) is 3.07. The molecule has 0 aliphatic carbocycles. The van der Waals surface area contributed by atoms with E-state index in [4.69, 9.17) is 34.7 Å². The standard InChI is InChI=1S/2C8H8ClN3S.Pt/c2*9-7-3-1-6(2-4-7)5-11-12-8(10)13;/h2*1-5H,(H3,10,12,13);/q;;+2/p-2/b2*11-5+;. The van der Waals surface area contributed by atoms with Crippen LogP contribution >= 0.6 is 23.2 Å². The van der Waals surface area contributed by atoms with E-state index in [0.717, 1.165) is 11.1 Å². The molecule has 0 amide bonds. The van der Waals surface area contributed by atoms with Crippen LogP contribution in [-0.4, -0.2) is 22.8 Å². The van der Waals surface area contributed by atoms with Gasteiger partial charge in [-0.1, -0.05) is 47.5 Å². The molecule has 4 N–H and O–H groups in total. The normalized spacial score (nSPS) is 11.8. The minimum Gasteiger partial charge on any atom is -0.741 e. The Balaban J connectivity index is 0.000000483. The number of nitrogens with zero attached hydrogens (tertiary/aromatic N) is 4. The van der Waals surface area contributed by atoms with Gasteiger partial charge < -0.3 is 36.7 Å². The van der Waals surface area contributed by atoms with Gasteiger partial charge in [-0.2, -0.15) is 20.4 Å². The van der Waals surface area contributed by atoms with Crippen LogP contribution in [0.25, 0.3) is 0 Å². The van der Waals surface area contributed by atoms with E-state index in [9.17, 15) is 0 Å². The molecule has 0 bridgehead atoms. The summed E-state index contributed by atoms with van der Waals surface area (Å²) in [6.07, 6.45) is 3.10. The van der Waals surface area contributed by atoms with E-state index in [1.54, 1.807) is 36.7 Å². The van der Waals surface area contributed by atoms with Crippen molar-refractivity contribution in [1.29, 1.82) is 0 Å². The van der Waals surface area contributed by atoms with Crippen LogP contribution in [0.1, 0.15) is 11.1 Å². The predicted molar refractivity (Wildman–Crippen MR) is 116 cm³/mol. The van der Waals surface area contributed by atoms with Gasteiger partial charge in [0.15, 0.2) is 0 Å². The van der Waals surface area contributed by atoms with E-state index in [0.29, 0.717) is 10.0 Å². The third-order valence-electron chi connectivity index (χ3n) is 2.47. The third-order valence-corrected chi connectivity index (χ3v) is 3.13. The SMILES string of the molecule is N/C([S-])=N/N=C/c1ccc(Cl)cc1.N/C([S-])=N/N=C/c1ccc(Cl)cc1.[Pt+2]. The van der Waals surface area contributed by atoms with Gasteiger partial charge in [0.05, 0.1) is 12.4 Å². The van der Waals surface area contributed by atoms with E-state index < -0.39 is 0 Å². The molecule has 144 valence electrons. The van der Waals surface area contributed by atoms with Crippen molar-refractivity contribution < 1.29 is 21.1 Å². The second kappa shape index (κ2) is 14.5. The van der Waals surface area contributed by atoms with Gasteiger partial charge in [0.25, 0.3) is 0 Å². The van der Waals surface area contributed by atoms with Crippen LogP contribution < -0.4 is 11.5 Å². The molecule has 0 unspecified atom stereocenters. The van der Waals surface area contributed by atoms with Crippen molar-refractivity contribution in [2.24, 2.45) is 31.9 Å². The molecule has 0 saturated carbocycles. The smallest absolute Gasteiger partial charge is 0.741 e. The van der Waals surface area contributed by atoms with E-state index >= 15 is 0 Å². The van der Waals surface area contributed by atoms with Gasteiger partial charge in [-0.05, 0) is 45.7 Å². The van der Waals surface area contributed by atoms with Crippen molar-refractivity contribution in [3.05, 3.63) is 69.7 Å². The zero-order chi connectivity index (χ0) is 19.4. The molecular weight excluding hydrogens is 606 g/mol. The van der Waals surface area contributed by atoms with Gasteiger partial charge in [0.1, 0.15) is 0 Å². The summed E-state index contributed by atoms with van der Waals surface area (Å²) in [4.78, 5) is 0. The Kier molecular flexibility index (Phi) is 13.6. The molecule has 6 nitrogen and oxygen atoms in total. The van der Waals surface area contributed by atoms with Crippen molar-refractivity contribution in [2.45, 2.75) is 0 Å². The molecule has 0 atom stereocenters. The zero-order valence-electron chi connectivity index (χ0n) is 13.6. The minimum absolute atomic E-state index is 0. The van der Waals surface area contributed by atoms with Gasteiger partial charge in [0.2, 0.25) is 0 Å². The number of hydrogen-bond donors (Lipinski definition) is 2. The molecule has 27 heavy (non-hydrogen) atoms. The molecule has 0 aliphatic heterocycles. The van der Waals surface area contributed by atoms with Crippen LogP contribution in [-0.2, 0) is 46.3 Å². The summed E-state index contributed by atoms with van der Waals surface area (Å²) in [7, 11) is 0. The fourth-order valence-electron chi connectivity index (χ4n) is 1.40. The van der Waals surface area contributed by atoms with Crippen molar-refractivity contribution in [3.63, 3.8) is 0 Å². The molecule has 0 spiro atoms. The monoisotopic (exact) mass is 619 g/mol. The topological polar surface area (TPSA) is 101 Å². The van der Waals surface area contributed by atoms with E-state index in [2.05, 4.69) is 45.7 Å². The first-order valence-electron chi connectivity index (χ1n) is 6.95. The maximum absolute atomic E-state index is 5.69.